The molecule has 1 amide bonds. The van der Waals surface area contributed by atoms with Crippen LogP contribution in [-0.2, 0) is 20.9 Å². The highest BCUT2D eigenvalue weighted by atomic mass is 16.5. The maximum absolute atomic E-state index is 13.6. The lowest BCUT2D eigenvalue weighted by Crippen LogP contribution is -2.48. The van der Waals surface area contributed by atoms with E-state index in [1.165, 1.54) is 24.3 Å². The second-order valence-corrected chi connectivity index (χ2v) is 10.5. The van der Waals surface area contributed by atoms with Gasteiger partial charge in [0, 0.05) is 43.2 Å². The van der Waals surface area contributed by atoms with E-state index >= 15 is 0 Å². The van der Waals surface area contributed by atoms with E-state index in [-0.39, 0.29) is 47.7 Å². The molecule has 15 nitrogen and oxygen atoms in total. The summed E-state index contributed by atoms with van der Waals surface area (Å²) >= 11 is 0. The Hall–Kier alpha value is -5.15. The number of nitrogens with one attached hydrogen (secondary N) is 2. The van der Waals surface area contributed by atoms with Crippen LogP contribution in [0.25, 0.3) is 0 Å². The van der Waals surface area contributed by atoms with E-state index in [4.69, 9.17) is 15.9 Å². The summed E-state index contributed by atoms with van der Waals surface area (Å²) in [6, 6.07) is 11.3. The number of aromatic carboxylic acids is 1. The van der Waals surface area contributed by atoms with Crippen molar-refractivity contribution in [3.8, 4) is 0 Å². The molecule has 44 heavy (non-hydrogen) atoms. The van der Waals surface area contributed by atoms with Gasteiger partial charge in [0.25, 0.3) is 5.91 Å². The average Bonchev–Trinajstić information content (AvgIpc) is 3.64. The average molecular weight is 605 g/mol. The third-order valence-corrected chi connectivity index (χ3v) is 7.68. The van der Waals surface area contributed by atoms with Gasteiger partial charge in [0.15, 0.2) is 5.82 Å². The number of aliphatic carboxylic acids is 1. The zero-order valence-corrected chi connectivity index (χ0v) is 23.7. The van der Waals surface area contributed by atoms with E-state index in [2.05, 4.69) is 15.4 Å². The molecule has 230 valence electrons. The maximum Gasteiger partial charge on any atom is 0.335 e. The fraction of sp³-hybridized carbons (Fsp3) is 0.345. The molecule has 2 unspecified atom stereocenters. The van der Waals surface area contributed by atoms with Gasteiger partial charge in [-0.3, -0.25) is 24.7 Å². The van der Waals surface area contributed by atoms with E-state index in [0.29, 0.717) is 44.8 Å². The van der Waals surface area contributed by atoms with Crippen molar-refractivity contribution in [3.05, 3.63) is 76.6 Å². The summed E-state index contributed by atoms with van der Waals surface area (Å²) in [5, 5.41) is 34.7. The molecule has 3 heterocycles. The van der Waals surface area contributed by atoms with Crippen molar-refractivity contribution in [2.45, 2.75) is 24.9 Å². The summed E-state index contributed by atoms with van der Waals surface area (Å²) in [6.45, 7) is 2.17. The predicted octanol–water partition coefficient (Wildman–Crippen LogP) is 0.662. The number of hydrogen-bond acceptors (Lipinski definition) is 10. The molecule has 0 aliphatic carbocycles. The smallest absolute Gasteiger partial charge is 0.335 e. The zero-order valence-electron chi connectivity index (χ0n) is 23.7. The van der Waals surface area contributed by atoms with Gasteiger partial charge in [0.05, 0.1) is 25.3 Å². The van der Waals surface area contributed by atoms with Crippen LogP contribution >= 0.6 is 0 Å². The number of carboxylic acid groups (broad SMARTS) is 2. The molecule has 3 aromatic rings. The quantitative estimate of drug-likeness (QED) is 0.159. The maximum atomic E-state index is 13.6. The number of nitrogens with two attached hydrogens (primary N) is 1. The first-order valence-electron chi connectivity index (χ1n) is 14.0. The minimum absolute atomic E-state index is 0.0355. The summed E-state index contributed by atoms with van der Waals surface area (Å²) in [7, 11) is 0. The Balaban J connectivity index is 1.43. The van der Waals surface area contributed by atoms with Crippen molar-refractivity contribution in [2.75, 3.05) is 44.7 Å². The molecular weight excluding hydrogens is 572 g/mol. The van der Waals surface area contributed by atoms with Crippen LogP contribution in [0.4, 0.5) is 5.95 Å². The second kappa shape index (κ2) is 13.0. The molecule has 2 aromatic carbocycles. The van der Waals surface area contributed by atoms with E-state index in [1.54, 1.807) is 34.1 Å². The predicted molar refractivity (Wildman–Crippen MR) is 156 cm³/mol. The lowest BCUT2D eigenvalue weighted by Gasteiger charge is -2.30. The minimum atomic E-state index is -1.20. The lowest BCUT2D eigenvalue weighted by molar-refractivity contribution is -0.144. The van der Waals surface area contributed by atoms with Gasteiger partial charge in [-0.05, 0) is 30.2 Å². The van der Waals surface area contributed by atoms with Gasteiger partial charge in [0.1, 0.15) is 11.9 Å². The van der Waals surface area contributed by atoms with E-state index < -0.39 is 29.8 Å². The molecule has 5 rings (SSSR count). The largest absolute Gasteiger partial charge is 0.480 e. The van der Waals surface area contributed by atoms with Gasteiger partial charge in [-0.15, -0.1) is 5.10 Å². The van der Waals surface area contributed by atoms with E-state index in [9.17, 15) is 29.4 Å². The number of amides is 1. The molecule has 2 fully saturated rings. The zero-order chi connectivity index (χ0) is 31.4. The molecule has 15 heteroatoms. The Kier molecular flexibility index (Phi) is 8.96. The van der Waals surface area contributed by atoms with Crippen LogP contribution in [0.15, 0.2) is 48.5 Å². The Bertz CT molecular complexity index is 1580. The van der Waals surface area contributed by atoms with Crippen LogP contribution in [0.5, 0.6) is 0 Å². The number of nitrogen functional groups attached to an aromatic ring is 1. The van der Waals surface area contributed by atoms with Crippen molar-refractivity contribution in [1.29, 1.82) is 5.41 Å². The number of carbonyl (C=O) groups is 4. The van der Waals surface area contributed by atoms with Gasteiger partial charge >= 0.3 is 11.9 Å². The fourth-order valence-corrected chi connectivity index (χ4v) is 5.35. The van der Waals surface area contributed by atoms with Crippen molar-refractivity contribution >= 4 is 35.5 Å². The number of carbonyl (C=O) groups excluding carboxylic acids is 2. The number of likely N-dealkylation sites (tertiary alicyclic amines) is 1. The Labute approximate surface area is 251 Å². The summed E-state index contributed by atoms with van der Waals surface area (Å²) in [5.74, 6) is -3.85. The van der Waals surface area contributed by atoms with E-state index in [0.717, 1.165) is 10.2 Å². The van der Waals surface area contributed by atoms with Crippen molar-refractivity contribution < 1.29 is 34.1 Å². The number of ether oxygens (including phenoxy) is 1. The van der Waals surface area contributed by atoms with Gasteiger partial charge in [0.2, 0.25) is 11.9 Å². The van der Waals surface area contributed by atoms with Crippen LogP contribution < -0.4 is 11.1 Å². The summed E-state index contributed by atoms with van der Waals surface area (Å²) in [6.07, 6.45) is 0.339. The molecule has 2 aliphatic heterocycles. The monoisotopic (exact) mass is 604 g/mol. The first-order chi connectivity index (χ1) is 21.1. The van der Waals surface area contributed by atoms with Crippen molar-refractivity contribution in [3.63, 3.8) is 0 Å². The normalized spacial score (nSPS) is 18.6. The topological polar surface area (TPSA) is 217 Å². The van der Waals surface area contributed by atoms with Crippen LogP contribution in [0.1, 0.15) is 50.0 Å². The molecule has 0 radical (unpaired) electrons. The summed E-state index contributed by atoms with van der Waals surface area (Å²) < 4.78 is 6.30. The lowest BCUT2D eigenvalue weighted by atomic mass is 10.00. The second-order valence-electron chi connectivity index (χ2n) is 10.5. The van der Waals surface area contributed by atoms with Crippen molar-refractivity contribution in [1.82, 2.24) is 24.6 Å². The highest BCUT2D eigenvalue weighted by molar-refractivity contribution is 5.99. The third kappa shape index (κ3) is 6.58. The Morgan fingerprint density at radius 1 is 1.00 bits per heavy atom. The first kappa shape index (κ1) is 30.3. The summed E-state index contributed by atoms with van der Waals surface area (Å²) in [4.78, 5) is 58.3. The van der Waals surface area contributed by atoms with Gasteiger partial charge in [-0.25, -0.2) is 4.79 Å². The summed E-state index contributed by atoms with van der Waals surface area (Å²) in [5.41, 5.74) is 6.83. The van der Waals surface area contributed by atoms with Crippen molar-refractivity contribution in [2.24, 2.45) is 5.73 Å². The first-order valence-corrected chi connectivity index (χ1v) is 14.0. The number of carboxylic acids is 2. The van der Waals surface area contributed by atoms with Crippen LogP contribution in [0.2, 0.25) is 0 Å². The molecule has 2 atom stereocenters. The van der Waals surface area contributed by atoms with Crippen LogP contribution in [-0.4, -0.2) is 110 Å². The molecule has 0 saturated carbocycles. The number of anilines is 1. The minimum Gasteiger partial charge on any atom is -0.480 e. The van der Waals surface area contributed by atoms with Crippen LogP contribution in [0, 0.1) is 5.41 Å². The Morgan fingerprint density at radius 3 is 2.36 bits per heavy atom. The molecule has 0 bridgehead atoms. The molecule has 1 aromatic heterocycles. The molecule has 2 saturated heterocycles. The van der Waals surface area contributed by atoms with Crippen LogP contribution in [0.3, 0.4) is 0 Å². The highest BCUT2D eigenvalue weighted by Gasteiger charge is 2.44. The van der Waals surface area contributed by atoms with Gasteiger partial charge < -0.3 is 30.9 Å². The highest BCUT2D eigenvalue weighted by Crippen LogP contribution is 2.33. The number of amidine groups is 1. The standard InChI is InChI=1S/C29H32N8O7/c30-24(31)18-6-4-17(5-7-18)15-32-29-33-25(34-37(29)26(39)19-2-1-3-20(14-19)27(40)41)21-8-9-36(23(21)28(42)43)16-22(38)35-10-12-44-13-11-35/h1-7,14,21,23H,8-13,15-16H2,(H3,30,31)(H,40,41)(H,42,43)(H,32,33,34). The number of aromatic nitrogens is 3. The van der Waals surface area contributed by atoms with Gasteiger partial charge in [-0.2, -0.15) is 9.67 Å². The SMILES string of the molecule is N=C(N)c1ccc(CNc2nc(C3CCN(CC(=O)N4CCOCC4)C3C(=O)O)nn2C(=O)c2cccc(C(=O)O)c2)cc1. The number of hydrogen-bond donors (Lipinski definition) is 5. The molecule has 2 aliphatic rings. The third-order valence-electron chi connectivity index (χ3n) is 7.68. The molecule has 0 spiro atoms. The number of morpholine rings is 1. The number of rotatable bonds is 10. The fourth-order valence-electron chi connectivity index (χ4n) is 5.35. The van der Waals surface area contributed by atoms with E-state index in [1.807, 2.05) is 0 Å². The number of benzene rings is 2. The molecule has 6 N–H and O–H groups in total. The van der Waals surface area contributed by atoms with Gasteiger partial charge in [-0.1, -0.05) is 30.3 Å². The number of nitrogens with zero attached hydrogens (tertiary/aromatic N) is 5. The molecular formula is C29H32N8O7. The Morgan fingerprint density at radius 2 is 1.70 bits per heavy atom.